The molecule has 9 heteroatoms. The molecule has 1 aliphatic rings. The predicted octanol–water partition coefficient (Wildman–Crippen LogP) is 4.03. The molecule has 0 spiro atoms. The summed E-state index contributed by atoms with van der Waals surface area (Å²) in [5.74, 6) is -0.247. The van der Waals surface area contributed by atoms with Crippen LogP contribution in [-0.4, -0.2) is 51.0 Å². The summed E-state index contributed by atoms with van der Waals surface area (Å²) in [4.78, 5) is 22.5. The van der Waals surface area contributed by atoms with E-state index in [1.807, 2.05) is 26.0 Å². The molecule has 1 fully saturated rings. The second-order valence-corrected chi connectivity index (χ2v) is 9.17. The van der Waals surface area contributed by atoms with Crippen LogP contribution in [0.25, 0.3) is 20.7 Å². The van der Waals surface area contributed by atoms with E-state index in [9.17, 15) is 4.39 Å². The lowest BCUT2D eigenvalue weighted by atomic mass is 10.1. The molecule has 1 unspecified atom stereocenters. The molecule has 0 aliphatic carbocycles. The van der Waals surface area contributed by atoms with Gasteiger partial charge in [0.1, 0.15) is 5.82 Å². The summed E-state index contributed by atoms with van der Waals surface area (Å²) in [6, 6.07) is 5.47. The summed E-state index contributed by atoms with van der Waals surface area (Å²) in [5, 5.41) is 1.91. The highest BCUT2D eigenvalue weighted by Crippen LogP contribution is 2.31. The van der Waals surface area contributed by atoms with Crippen LogP contribution in [0, 0.1) is 12.7 Å². The van der Waals surface area contributed by atoms with Crippen molar-refractivity contribution in [3.05, 3.63) is 40.9 Å². The van der Waals surface area contributed by atoms with Crippen molar-refractivity contribution in [2.75, 3.05) is 31.1 Å². The van der Waals surface area contributed by atoms with Gasteiger partial charge < -0.3 is 4.90 Å². The summed E-state index contributed by atoms with van der Waals surface area (Å²) in [5.41, 5.74) is 1.93. The van der Waals surface area contributed by atoms with Crippen molar-refractivity contribution >= 4 is 48.5 Å². The molecular formula is C19H19FN6S2. The molecule has 0 saturated carbocycles. The number of halogens is 1. The molecule has 0 bridgehead atoms. The molecule has 0 amide bonds. The predicted molar refractivity (Wildman–Crippen MR) is 112 cm³/mol. The van der Waals surface area contributed by atoms with E-state index in [0.29, 0.717) is 11.3 Å². The summed E-state index contributed by atoms with van der Waals surface area (Å²) in [6.07, 6.45) is 1.77. The van der Waals surface area contributed by atoms with Gasteiger partial charge in [0, 0.05) is 32.4 Å². The molecule has 5 heterocycles. The Labute approximate surface area is 169 Å². The van der Waals surface area contributed by atoms with Crippen molar-refractivity contribution in [1.82, 2.24) is 24.8 Å². The third-order valence-corrected chi connectivity index (χ3v) is 7.13. The molecule has 6 nitrogen and oxygen atoms in total. The summed E-state index contributed by atoms with van der Waals surface area (Å²) in [6.45, 7) is 7.31. The number of nitrogens with zero attached hydrogens (tertiary/aromatic N) is 6. The second kappa shape index (κ2) is 6.98. The molecule has 5 rings (SSSR count). The van der Waals surface area contributed by atoms with Gasteiger partial charge in [-0.1, -0.05) is 11.3 Å². The van der Waals surface area contributed by atoms with Crippen molar-refractivity contribution in [3.63, 3.8) is 0 Å². The lowest BCUT2D eigenvalue weighted by Gasteiger charge is -2.37. The number of rotatable bonds is 3. The Kier molecular flexibility index (Phi) is 4.45. The highest BCUT2D eigenvalue weighted by molar-refractivity contribution is 7.22. The third-order valence-electron chi connectivity index (χ3n) is 5.15. The highest BCUT2D eigenvalue weighted by Gasteiger charge is 2.27. The Morgan fingerprint density at radius 3 is 2.64 bits per heavy atom. The van der Waals surface area contributed by atoms with Crippen molar-refractivity contribution in [1.29, 1.82) is 0 Å². The van der Waals surface area contributed by atoms with Crippen LogP contribution in [0.2, 0.25) is 0 Å². The SMILES string of the molecule is Cc1nc2nc(C(C)N3CCN(c4nc5ncccc5s4)CC3)c(F)cc2s1. The normalized spacial score (nSPS) is 16.9. The maximum atomic E-state index is 14.7. The molecule has 0 N–H and O–H groups in total. The molecule has 28 heavy (non-hydrogen) atoms. The van der Waals surface area contributed by atoms with E-state index in [-0.39, 0.29) is 11.9 Å². The van der Waals surface area contributed by atoms with Crippen molar-refractivity contribution in [2.45, 2.75) is 19.9 Å². The van der Waals surface area contributed by atoms with Gasteiger partial charge in [-0.25, -0.2) is 19.3 Å². The van der Waals surface area contributed by atoms with Crippen LogP contribution in [0.3, 0.4) is 0 Å². The first-order valence-corrected chi connectivity index (χ1v) is 10.9. The van der Waals surface area contributed by atoms with Crippen LogP contribution in [0.5, 0.6) is 0 Å². The molecule has 1 aliphatic heterocycles. The van der Waals surface area contributed by atoms with Crippen LogP contribution in [-0.2, 0) is 0 Å². The van der Waals surface area contributed by atoms with Crippen molar-refractivity contribution < 1.29 is 4.39 Å². The Morgan fingerprint density at radius 2 is 1.86 bits per heavy atom. The first-order chi connectivity index (χ1) is 13.6. The van der Waals surface area contributed by atoms with E-state index in [4.69, 9.17) is 0 Å². The topological polar surface area (TPSA) is 58.0 Å². The zero-order chi connectivity index (χ0) is 19.3. The Morgan fingerprint density at radius 1 is 1.04 bits per heavy atom. The molecule has 144 valence electrons. The fourth-order valence-electron chi connectivity index (χ4n) is 3.62. The van der Waals surface area contributed by atoms with Crippen LogP contribution < -0.4 is 4.90 Å². The maximum absolute atomic E-state index is 14.7. The molecule has 1 atom stereocenters. The van der Waals surface area contributed by atoms with Crippen LogP contribution >= 0.6 is 22.7 Å². The van der Waals surface area contributed by atoms with Crippen LogP contribution in [0.15, 0.2) is 24.4 Å². The zero-order valence-electron chi connectivity index (χ0n) is 15.6. The van der Waals surface area contributed by atoms with E-state index in [0.717, 1.165) is 51.4 Å². The molecule has 0 aromatic carbocycles. The zero-order valence-corrected chi connectivity index (χ0v) is 17.2. The molecule has 0 radical (unpaired) electrons. The number of aryl methyl sites for hydroxylation is 1. The Balaban J connectivity index is 1.32. The minimum Gasteiger partial charge on any atom is -0.345 e. The Bertz CT molecular complexity index is 1110. The van der Waals surface area contributed by atoms with Gasteiger partial charge in [-0.15, -0.1) is 11.3 Å². The number of pyridine rings is 2. The number of fused-ring (bicyclic) bond motifs is 2. The molecule has 4 aromatic heterocycles. The van der Waals surface area contributed by atoms with Gasteiger partial charge in [0.2, 0.25) is 0 Å². The minimum atomic E-state index is -0.247. The van der Waals surface area contributed by atoms with E-state index >= 15 is 0 Å². The monoisotopic (exact) mass is 414 g/mol. The minimum absolute atomic E-state index is 0.0920. The molecule has 1 saturated heterocycles. The van der Waals surface area contributed by atoms with Crippen LogP contribution in [0.4, 0.5) is 9.52 Å². The van der Waals surface area contributed by atoms with Gasteiger partial charge in [0.05, 0.1) is 26.1 Å². The van der Waals surface area contributed by atoms with E-state index in [2.05, 4.69) is 29.7 Å². The number of piperazine rings is 1. The van der Waals surface area contributed by atoms with Crippen molar-refractivity contribution in [2.24, 2.45) is 0 Å². The van der Waals surface area contributed by atoms with E-state index < -0.39 is 0 Å². The smallest absolute Gasteiger partial charge is 0.188 e. The van der Waals surface area contributed by atoms with Gasteiger partial charge in [-0.3, -0.25) is 4.90 Å². The third kappa shape index (κ3) is 3.13. The van der Waals surface area contributed by atoms with Gasteiger partial charge in [0.25, 0.3) is 0 Å². The average Bonchev–Trinajstić information content (AvgIpc) is 3.29. The number of thiazole rings is 2. The maximum Gasteiger partial charge on any atom is 0.188 e. The summed E-state index contributed by atoms with van der Waals surface area (Å²) < 4.78 is 16.6. The standard InChI is InChI=1S/C19H19FN6S2/c1-11(16-13(20)10-15-18(23-16)22-12(2)27-15)25-6-8-26(9-7-25)19-24-17-14(28-19)4-3-5-21-17/h3-5,10-11H,6-9H2,1-2H3. The lowest BCUT2D eigenvalue weighted by Crippen LogP contribution is -2.47. The van der Waals surface area contributed by atoms with Crippen LogP contribution in [0.1, 0.15) is 23.7 Å². The van der Waals surface area contributed by atoms with E-state index in [1.165, 1.54) is 11.3 Å². The van der Waals surface area contributed by atoms with Crippen molar-refractivity contribution in [3.8, 4) is 0 Å². The van der Waals surface area contributed by atoms with Gasteiger partial charge >= 0.3 is 0 Å². The quantitative estimate of drug-likeness (QED) is 0.505. The van der Waals surface area contributed by atoms with Gasteiger partial charge in [-0.2, -0.15) is 4.98 Å². The number of hydrogen-bond donors (Lipinski definition) is 0. The number of aromatic nitrogens is 4. The molecule has 4 aromatic rings. The fourth-order valence-corrected chi connectivity index (χ4v) is 5.39. The number of hydrogen-bond acceptors (Lipinski definition) is 8. The summed E-state index contributed by atoms with van der Waals surface area (Å²) in [7, 11) is 0. The average molecular weight is 415 g/mol. The van der Waals surface area contributed by atoms with E-state index in [1.54, 1.807) is 23.6 Å². The number of anilines is 1. The largest absolute Gasteiger partial charge is 0.345 e. The van der Waals surface area contributed by atoms with Gasteiger partial charge in [0.15, 0.2) is 16.4 Å². The molecular weight excluding hydrogens is 395 g/mol. The Hall–Kier alpha value is -2.23. The second-order valence-electron chi connectivity index (χ2n) is 6.93. The first-order valence-electron chi connectivity index (χ1n) is 9.22. The first kappa shape index (κ1) is 17.8. The summed E-state index contributed by atoms with van der Waals surface area (Å²) >= 11 is 3.15. The highest BCUT2D eigenvalue weighted by atomic mass is 32.1. The fraction of sp³-hybridized carbons (Fsp3) is 0.368. The lowest BCUT2D eigenvalue weighted by molar-refractivity contribution is 0.191. The van der Waals surface area contributed by atoms with Gasteiger partial charge in [-0.05, 0) is 32.0 Å².